The van der Waals surface area contributed by atoms with Gasteiger partial charge in [0.25, 0.3) is 0 Å². The molecule has 0 unspecified atom stereocenters. The van der Waals surface area contributed by atoms with Crippen LogP contribution in [0, 0.1) is 5.82 Å². The molecule has 1 amide bonds. The zero-order chi connectivity index (χ0) is 34.7. The Morgan fingerprint density at radius 3 is 2.74 bits per heavy atom. The van der Waals surface area contributed by atoms with Crippen molar-refractivity contribution in [3.63, 3.8) is 0 Å². The van der Waals surface area contributed by atoms with E-state index < -0.39 is 29.7 Å². The van der Waals surface area contributed by atoms with E-state index in [1.165, 1.54) is 17.2 Å². The normalized spacial score (nSPS) is 27.0. The minimum absolute atomic E-state index is 0.0460. The van der Waals surface area contributed by atoms with Gasteiger partial charge in [-0.2, -0.15) is 9.97 Å². The van der Waals surface area contributed by atoms with Crippen molar-refractivity contribution in [1.29, 1.82) is 0 Å². The third kappa shape index (κ3) is 5.75. The molecule has 4 aromatic rings. The Morgan fingerprint density at radius 1 is 1.14 bits per heavy atom. The van der Waals surface area contributed by atoms with Crippen LogP contribution in [0.4, 0.5) is 19.0 Å². The zero-order valence-corrected chi connectivity index (χ0v) is 28.8. The SMILES string of the molecule is CN1CC[C@@H]1/C=C/C(=O)N1C[C@@H](F)[C@H](N(C)c2nc(OC[C@@]34CCCN3C[C@H](F)C4)nc3c(F)c(-c4cccc5cccc(Cl)c45)ncc23)C1. The molecule has 9 nitrogen and oxygen atoms in total. The van der Waals surface area contributed by atoms with E-state index in [-0.39, 0.29) is 60.1 Å². The fourth-order valence-corrected chi connectivity index (χ4v) is 8.49. The van der Waals surface area contributed by atoms with Crippen LogP contribution < -0.4 is 9.64 Å². The highest BCUT2D eigenvalue weighted by Crippen LogP contribution is 2.41. The molecule has 2 aromatic carbocycles. The summed E-state index contributed by atoms with van der Waals surface area (Å²) in [5.74, 6) is -0.731. The molecular formula is C37H39ClF3N7O2. The molecule has 4 aliphatic rings. The van der Waals surface area contributed by atoms with E-state index >= 15 is 8.78 Å². The van der Waals surface area contributed by atoms with Crippen LogP contribution >= 0.6 is 11.6 Å². The molecule has 0 radical (unpaired) electrons. The molecule has 0 spiro atoms. The first-order chi connectivity index (χ1) is 24.1. The number of carbonyl (C=O) groups is 1. The first-order valence-electron chi connectivity index (χ1n) is 17.2. The molecule has 0 aliphatic carbocycles. The first kappa shape index (κ1) is 33.2. The highest BCUT2D eigenvalue weighted by atomic mass is 35.5. The Bertz CT molecular complexity index is 1990. The monoisotopic (exact) mass is 705 g/mol. The van der Waals surface area contributed by atoms with E-state index in [9.17, 15) is 9.18 Å². The minimum atomic E-state index is -1.39. The Balaban J connectivity index is 1.16. The topological polar surface area (TPSA) is 77.9 Å². The van der Waals surface area contributed by atoms with Gasteiger partial charge in [-0.1, -0.05) is 48.0 Å². The van der Waals surface area contributed by atoms with E-state index in [1.54, 1.807) is 24.1 Å². The van der Waals surface area contributed by atoms with Gasteiger partial charge in [-0.15, -0.1) is 0 Å². The number of benzene rings is 2. The number of anilines is 1. The number of ether oxygens (including phenoxy) is 1. The maximum atomic E-state index is 16.8. The number of nitrogens with zero attached hydrogens (tertiary/aromatic N) is 7. The highest BCUT2D eigenvalue weighted by Gasteiger charge is 2.49. The predicted octanol–water partition coefficient (Wildman–Crippen LogP) is 5.84. The van der Waals surface area contributed by atoms with Gasteiger partial charge in [-0.3, -0.25) is 19.6 Å². The van der Waals surface area contributed by atoms with Crippen LogP contribution in [0.5, 0.6) is 6.01 Å². The Morgan fingerprint density at radius 2 is 1.96 bits per heavy atom. The molecule has 13 heteroatoms. The number of hydrogen-bond donors (Lipinski definition) is 0. The largest absolute Gasteiger partial charge is 0.461 e. The van der Waals surface area contributed by atoms with Gasteiger partial charge >= 0.3 is 6.01 Å². The van der Waals surface area contributed by atoms with Gasteiger partial charge in [-0.25, -0.2) is 13.2 Å². The first-order valence-corrected chi connectivity index (χ1v) is 17.6. The van der Waals surface area contributed by atoms with E-state index in [0.717, 1.165) is 37.7 Å². The fourth-order valence-electron chi connectivity index (χ4n) is 8.21. The van der Waals surface area contributed by atoms with Gasteiger partial charge in [0.15, 0.2) is 5.82 Å². The summed E-state index contributed by atoms with van der Waals surface area (Å²) < 4.78 is 53.4. The Labute approximate surface area is 293 Å². The molecule has 0 saturated carbocycles. The summed E-state index contributed by atoms with van der Waals surface area (Å²) in [6.07, 6.45) is 5.58. The molecular weight excluding hydrogens is 667 g/mol. The maximum Gasteiger partial charge on any atom is 0.319 e. The minimum Gasteiger partial charge on any atom is -0.461 e. The summed E-state index contributed by atoms with van der Waals surface area (Å²) in [5, 5.41) is 2.21. The second-order valence-corrected chi connectivity index (χ2v) is 14.6. The lowest BCUT2D eigenvalue weighted by Gasteiger charge is -2.35. The van der Waals surface area contributed by atoms with Crippen molar-refractivity contribution < 1.29 is 22.7 Å². The molecule has 5 atom stereocenters. The van der Waals surface area contributed by atoms with Crippen molar-refractivity contribution in [2.75, 3.05) is 58.3 Å². The van der Waals surface area contributed by atoms with Crippen molar-refractivity contribution in [1.82, 2.24) is 29.7 Å². The summed E-state index contributed by atoms with van der Waals surface area (Å²) in [6, 6.07) is 10.3. The zero-order valence-electron chi connectivity index (χ0n) is 28.0. The average molecular weight is 706 g/mol. The number of fused-ring (bicyclic) bond motifs is 3. The van der Waals surface area contributed by atoms with Crippen molar-refractivity contribution in [3.8, 4) is 17.3 Å². The molecule has 6 heterocycles. The third-order valence-corrected chi connectivity index (χ3v) is 11.5. The number of rotatable bonds is 8. The number of likely N-dealkylation sites (tertiary alicyclic amines) is 2. The number of amides is 1. The van der Waals surface area contributed by atoms with E-state index in [1.807, 2.05) is 37.4 Å². The van der Waals surface area contributed by atoms with Gasteiger partial charge in [0.1, 0.15) is 36.0 Å². The number of alkyl halides is 2. The van der Waals surface area contributed by atoms with Crippen molar-refractivity contribution in [3.05, 3.63) is 65.6 Å². The number of carbonyl (C=O) groups excluding carboxylic acids is 1. The number of likely N-dealkylation sites (N-methyl/N-ethyl adjacent to an activating group) is 2. The van der Waals surface area contributed by atoms with Gasteiger partial charge in [0, 0.05) is 67.4 Å². The molecule has 4 aliphatic heterocycles. The van der Waals surface area contributed by atoms with E-state index in [2.05, 4.69) is 19.8 Å². The van der Waals surface area contributed by atoms with Crippen LogP contribution in [-0.4, -0.2) is 119 Å². The van der Waals surface area contributed by atoms with Crippen LogP contribution in [0.15, 0.2) is 54.7 Å². The number of halogens is 4. The number of aromatic nitrogens is 3. The maximum absolute atomic E-state index is 16.8. The summed E-state index contributed by atoms with van der Waals surface area (Å²) in [4.78, 5) is 34.2. The lowest BCUT2D eigenvalue weighted by atomic mass is 9.95. The molecule has 4 fully saturated rings. The van der Waals surface area contributed by atoms with Crippen molar-refractivity contribution >= 4 is 45.0 Å². The number of hydrogen-bond acceptors (Lipinski definition) is 8. The summed E-state index contributed by atoms with van der Waals surface area (Å²) in [6.45, 7) is 2.30. The Kier molecular flexibility index (Phi) is 8.59. The quantitative estimate of drug-likeness (QED) is 0.212. The van der Waals surface area contributed by atoms with Gasteiger partial charge in [0.05, 0.1) is 23.5 Å². The summed E-state index contributed by atoms with van der Waals surface area (Å²) >= 11 is 6.60. The molecule has 4 saturated heterocycles. The van der Waals surface area contributed by atoms with E-state index in [4.69, 9.17) is 21.3 Å². The van der Waals surface area contributed by atoms with Crippen LogP contribution in [-0.2, 0) is 4.79 Å². The molecule has 0 N–H and O–H groups in total. The van der Waals surface area contributed by atoms with Crippen LogP contribution in [0.25, 0.3) is 32.9 Å². The summed E-state index contributed by atoms with van der Waals surface area (Å²) in [5.41, 5.74) is 0.0223. The number of pyridine rings is 1. The second-order valence-electron chi connectivity index (χ2n) is 14.2. The van der Waals surface area contributed by atoms with Crippen LogP contribution in [0.3, 0.4) is 0 Å². The fraction of sp³-hybridized carbons (Fsp3) is 0.459. The lowest BCUT2D eigenvalue weighted by molar-refractivity contribution is -0.125. The summed E-state index contributed by atoms with van der Waals surface area (Å²) in [7, 11) is 3.67. The van der Waals surface area contributed by atoms with Crippen LogP contribution in [0.1, 0.15) is 25.7 Å². The van der Waals surface area contributed by atoms with E-state index in [0.29, 0.717) is 28.9 Å². The van der Waals surface area contributed by atoms with Crippen molar-refractivity contribution in [2.24, 2.45) is 0 Å². The van der Waals surface area contributed by atoms with Crippen molar-refractivity contribution in [2.45, 2.75) is 55.6 Å². The smallest absolute Gasteiger partial charge is 0.319 e. The predicted molar refractivity (Wildman–Crippen MR) is 188 cm³/mol. The molecule has 2 aromatic heterocycles. The second kappa shape index (κ2) is 13.0. The average Bonchev–Trinajstić information content (AvgIpc) is 3.77. The van der Waals surface area contributed by atoms with Gasteiger partial charge < -0.3 is 14.5 Å². The van der Waals surface area contributed by atoms with Gasteiger partial charge in [-0.05, 0) is 44.3 Å². The standard InChI is InChI=1S/C37H39ClF3N7O2/c1-45-15-12-24(45)10-11-30(49)47-19-28(40)29(20-47)46(2)35-26-17-42-33(25-8-3-6-22-7-4-9-27(38)31(22)25)32(41)34(26)43-36(44-35)50-21-37-13-5-14-48(37)18-23(39)16-37/h3-4,6-11,17,23-24,28-29H,5,12-16,18-21H2,1-2H3/b11-10+/t23-,24+,28-,29-,37+/m1/s1. The lowest BCUT2D eigenvalue weighted by Crippen LogP contribution is -2.43. The molecule has 262 valence electrons. The Hall–Kier alpha value is -4.00. The third-order valence-electron chi connectivity index (χ3n) is 11.2. The molecule has 50 heavy (non-hydrogen) atoms. The van der Waals surface area contributed by atoms with Gasteiger partial charge in [0.2, 0.25) is 5.91 Å². The molecule has 8 rings (SSSR count). The van der Waals surface area contributed by atoms with Crippen LogP contribution in [0.2, 0.25) is 5.02 Å². The molecule has 0 bridgehead atoms. The highest BCUT2D eigenvalue weighted by molar-refractivity contribution is 6.36.